The van der Waals surface area contributed by atoms with Crippen molar-refractivity contribution in [2.75, 3.05) is 0 Å². The van der Waals surface area contributed by atoms with Crippen molar-refractivity contribution in [3.8, 4) is 33.4 Å². The van der Waals surface area contributed by atoms with Crippen molar-refractivity contribution in [2.24, 2.45) is 0 Å². The van der Waals surface area contributed by atoms with Crippen molar-refractivity contribution in [3.05, 3.63) is 108 Å². The van der Waals surface area contributed by atoms with Crippen molar-refractivity contribution in [1.82, 2.24) is 0 Å². The van der Waals surface area contributed by atoms with Gasteiger partial charge in [0.05, 0.1) is 0 Å². The average molecular weight is 363 g/mol. The molecule has 4 rings (SSSR count). The normalized spacial score (nSPS) is 10.8. The van der Waals surface area contributed by atoms with Crippen LogP contribution in [-0.4, -0.2) is 0 Å². The second-order valence-electron chi connectivity index (χ2n) is 7.47. The fourth-order valence-corrected chi connectivity index (χ4v) is 3.81. The highest BCUT2D eigenvalue weighted by Crippen LogP contribution is 2.31. The van der Waals surface area contributed by atoms with Crippen LogP contribution >= 0.6 is 0 Å². The molecule has 0 N–H and O–H groups in total. The van der Waals surface area contributed by atoms with Gasteiger partial charge in [-0.1, -0.05) is 97.9 Å². The Kier molecular flexibility index (Phi) is 5.12. The minimum absolute atomic E-state index is 1.08. The Morgan fingerprint density at radius 3 is 1.57 bits per heavy atom. The highest BCUT2D eigenvalue weighted by Gasteiger charge is 2.07. The first-order chi connectivity index (χ1) is 13.7. The molecule has 0 aliphatic carbocycles. The Balaban J connectivity index is 1.62. The lowest BCUT2D eigenvalue weighted by Gasteiger charge is -2.12. The molecule has 0 atom stereocenters. The molecule has 0 radical (unpaired) electrons. The second kappa shape index (κ2) is 7.86. The van der Waals surface area contributed by atoms with Crippen LogP contribution in [0.4, 0.5) is 0 Å². The SMILES string of the molecule is CCc1ccc(-c2ccc(-c3ccc(-c4ccccc4C)c(C)c3)cc2)cc1. The van der Waals surface area contributed by atoms with Crippen LogP contribution < -0.4 is 0 Å². The van der Waals surface area contributed by atoms with Gasteiger partial charge >= 0.3 is 0 Å². The molecule has 0 aliphatic rings. The van der Waals surface area contributed by atoms with Crippen molar-refractivity contribution < 1.29 is 0 Å². The summed E-state index contributed by atoms with van der Waals surface area (Å²) in [5, 5.41) is 0. The average Bonchev–Trinajstić information content (AvgIpc) is 2.74. The molecule has 4 aromatic rings. The molecule has 28 heavy (non-hydrogen) atoms. The van der Waals surface area contributed by atoms with Gasteiger partial charge in [-0.15, -0.1) is 0 Å². The van der Waals surface area contributed by atoms with E-state index in [-0.39, 0.29) is 0 Å². The fraction of sp³-hybridized carbons (Fsp3) is 0.143. The number of rotatable bonds is 4. The Morgan fingerprint density at radius 1 is 0.500 bits per heavy atom. The standard InChI is InChI=1S/C28H26/c1-4-22-9-11-23(12-10-22)24-13-15-25(16-14-24)26-17-18-28(21(3)19-26)27-8-6-5-7-20(27)2/h5-19H,4H2,1-3H3. The van der Waals surface area contributed by atoms with Crippen molar-refractivity contribution in [2.45, 2.75) is 27.2 Å². The van der Waals surface area contributed by atoms with E-state index in [1.807, 2.05) is 0 Å². The van der Waals surface area contributed by atoms with Crippen LogP contribution in [0.3, 0.4) is 0 Å². The van der Waals surface area contributed by atoms with Gasteiger partial charge in [-0.2, -0.15) is 0 Å². The van der Waals surface area contributed by atoms with Crippen molar-refractivity contribution in [3.63, 3.8) is 0 Å². The van der Waals surface area contributed by atoms with E-state index in [1.54, 1.807) is 0 Å². The number of hydrogen-bond acceptors (Lipinski definition) is 0. The van der Waals surface area contributed by atoms with Crippen LogP contribution in [0, 0.1) is 13.8 Å². The molecule has 138 valence electrons. The molecule has 0 saturated carbocycles. The maximum Gasteiger partial charge on any atom is -0.0152 e. The first-order valence-corrected chi connectivity index (χ1v) is 10.0. The van der Waals surface area contributed by atoms with Gasteiger partial charge in [-0.3, -0.25) is 0 Å². The third kappa shape index (κ3) is 3.64. The zero-order valence-corrected chi connectivity index (χ0v) is 16.9. The number of hydrogen-bond donors (Lipinski definition) is 0. The smallest absolute Gasteiger partial charge is 0.0152 e. The summed E-state index contributed by atoms with van der Waals surface area (Å²) in [4.78, 5) is 0. The third-order valence-corrected chi connectivity index (χ3v) is 5.58. The predicted octanol–water partition coefficient (Wildman–Crippen LogP) is 7.87. The molecule has 0 unspecified atom stereocenters. The summed E-state index contributed by atoms with van der Waals surface area (Å²) in [7, 11) is 0. The largest absolute Gasteiger partial charge is 0.0620 e. The maximum atomic E-state index is 2.30. The van der Waals surface area contributed by atoms with E-state index in [4.69, 9.17) is 0 Å². The van der Waals surface area contributed by atoms with E-state index in [1.165, 1.54) is 50.1 Å². The van der Waals surface area contributed by atoms with Gasteiger partial charge in [-0.05, 0) is 70.3 Å². The molecule has 0 amide bonds. The summed E-state index contributed by atoms with van der Waals surface area (Å²) >= 11 is 0. The molecule has 0 fully saturated rings. The Bertz CT molecular complexity index is 1080. The van der Waals surface area contributed by atoms with Gasteiger partial charge < -0.3 is 0 Å². The van der Waals surface area contributed by atoms with Gasteiger partial charge in [0.1, 0.15) is 0 Å². The molecule has 0 saturated heterocycles. The van der Waals surface area contributed by atoms with Crippen LogP contribution in [0.5, 0.6) is 0 Å². The fourth-order valence-electron chi connectivity index (χ4n) is 3.81. The molecule has 0 bridgehead atoms. The minimum atomic E-state index is 1.08. The lowest BCUT2D eigenvalue weighted by Crippen LogP contribution is -1.88. The monoisotopic (exact) mass is 362 g/mol. The van der Waals surface area contributed by atoms with Gasteiger partial charge in [0.15, 0.2) is 0 Å². The second-order valence-corrected chi connectivity index (χ2v) is 7.47. The topological polar surface area (TPSA) is 0 Å². The minimum Gasteiger partial charge on any atom is -0.0620 e. The van der Waals surface area contributed by atoms with Gasteiger partial charge in [-0.25, -0.2) is 0 Å². The number of aryl methyl sites for hydroxylation is 3. The maximum absolute atomic E-state index is 2.30. The van der Waals surface area contributed by atoms with Crippen LogP contribution in [0.2, 0.25) is 0 Å². The first kappa shape index (κ1) is 18.3. The van der Waals surface area contributed by atoms with Crippen LogP contribution in [-0.2, 0) is 6.42 Å². The lowest BCUT2D eigenvalue weighted by molar-refractivity contribution is 1.14. The molecule has 0 heteroatoms. The van der Waals surface area contributed by atoms with Gasteiger partial charge in [0.2, 0.25) is 0 Å². The van der Waals surface area contributed by atoms with E-state index in [0.717, 1.165) is 6.42 Å². The highest BCUT2D eigenvalue weighted by molar-refractivity contribution is 5.76. The summed E-state index contributed by atoms with van der Waals surface area (Å²) in [6.07, 6.45) is 1.08. The first-order valence-electron chi connectivity index (χ1n) is 10.0. The Labute approximate surface area is 168 Å². The van der Waals surface area contributed by atoms with E-state index >= 15 is 0 Å². The summed E-state index contributed by atoms with van der Waals surface area (Å²) in [6.45, 7) is 6.57. The third-order valence-electron chi connectivity index (χ3n) is 5.58. The molecule has 0 spiro atoms. The Hall–Kier alpha value is -3.12. The van der Waals surface area contributed by atoms with E-state index in [0.29, 0.717) is 0 Å². The van der Waals surface area contributed by atoms with Crippen LogP contribution in [0.25, 0.3) is 33.4 Å². The van der Waals surface area contributed by atoms with E-state index < -0.39 is 0 Å². The zero-order chi connectivity index (χ0) is 19.5. The summed E-state index contributed by atoms with van der Waals surface area (Å²) < 4.78 is 0. The zero-order valence-electron chi connectivity index (χ0n) is 16.9. The number of benzene rings is 4. The molecular formula is C28H26. The lowest BCUT2D eigenvalue weighted by atomic mass is 9.93. The molecule has 0 aromatic heterocycles. The van der Waals surface area contributed by atoms with Crippen LogP contribution in [0.15, 0.2) is 91.0 Å². The van der Waals surface area contributed by atoms with Crippen LogP contribution in [0.1, 0.15) is 23.6 Å². The molecule has 4 aromatic carbocycles. The van der Waals surface area contributed by atoms with E-state index in [9.17, 15) is 0 Å². The quantitative estimate of drug-likeness (QED) is 0.346. The van der Waals surface area contributed by atoms with E-state index in [2.05, 4.69) is 112 Å². The summed E-state index contributed by atoms with van der Waals surface area (Å²) in [5.41, 5.74) is 11.7. The summed E-state index contributed by atoms with van der Waals surface area (Å²) in [5.74, 6) is 0. The summed E-state index contributed by atoms with van der Waals surface area (Å²) in [6, 6.07) is 33.2. The molecule has 0 heterocycles. The molecular weight excluding hydrogens is 336 g/mol. The van der Waals surface area contributed by atoms with Crippen molar-refractivity contribution in [1.29, 1.82) is 0 Å². The predicted molar refractivity (Wildman–Crippen MR) is 122 cm³/mol. The highest BCUT2D eigenvalue weighted by atomic mass is 14.1. The van der Waals surface area contributed by atoms with Gasteiger partial charge in [0.25, 0.3) is 0 Å². The Morgan fingerprint density at radius 2 is 1.00 bits per heavy atom. The molecule has 0 nitrogen and oxygen atoms in total. The molecule has 0 aliphatic heterocycles. The van der Waals surface area contributed by atoms with Gasteiger partial charge in [0, 0.05) is 0 Å². The van der Waals surface area contributed by atoms with Crippen molar-refractivity contribution >= 4 is 0 Å².